The van der Waals surface area contributed by atoms with Crippen molar-refractivity contribution in [3.63, 3.8) is 0 Å². The lowest BCUT2D eigenvalue weighted by molar-refractivity contribution is 0.488. The lowest BCUT2D eigenvalue weighted by Gasteiger charge is -2.19. The summed E-state index contributed by atoms with van der Waals surface area (Å²) in [6.45, 7) is 4.76. The van der Waals surface area contributed by atoms with Gasteiger partial charge in [0.05, 0.1) is 5.69 Å². The molecule has 2 aromatic rings. The van der Waals surface area contributed by atoms with E-state index in [-0.39, 0.29) is 18.0 Å². The van der Waals surface area contributed by atoms with E-state index < -0.39 is 11.6 Å². The number of nitrogens with zero attached hydrogens (tertiary/aromatic N) is 2. The highest BCUT2D eigenvalue weighted by Crippen LogP contribution is 2.24. The number of halogens is 2. The summed E-state index contributed by atoms with van der Waals surface area (Å²) in [6.07, 6.45) is 3.13. The van der Waals surface area contributed by atoms with Crippen molar-refractivity contribution in [2.24, 2.45) is 7.05 Å². The highest BCUT2D eigenvalue weighted by atomic mass is 19.1. The number of aryl methyl sites for hydroxylation is 2. The molecule has 0 aliphatic heterocycles. The average Bonchev–Trinajstić information content (AvgIpc) is 2.76. The summed E-state index contributed by atoms with van der Waals surface area (Å²) in [4.78, 5) is 0. The SMILES string of the molecule is CCCNC(Cc1c(F)cccc1F)c1cn(C)nc1C. The Morgan fingerprint density at radius 2 is 1.95 bits per heavy atom. The van der Waals surface area contributed by atoms with E-state index in [4.69, 9.17) is 0 Å². The molecule has 3 nitrogen and oxygen atoms in total. The van der Waals surface area contributed by atoms with Crippen molar-refractivity contribution < 1.29 is 8.78 Å². The van der Waals surface area contributed by atoms with Crippen molar-refractivity contribution in [2.75, 3.05) is 6.54 Å². The summed E-state index contributed by atoms with van der Waals surface area (Å²) in [5.74, 6) is -1.00. The molecule has 1 heterocycles. The predicted octanol–water partition coefficient (Wildman–Crippen LogP) is 3.29. The van der Waals surface area contributed by atoms with Gasteiger partial charge < -0.3 is 5.32 Å². The van der Waals surface area contributed by atoms with E-state index in [1.807, 2.05) is 20.2 Å². The Morgan fingerprint density at radius 1 is 1.29 bits per heavy atom. The lowest BCUT2D eigenvalue weighted by atomic mass is 9.98. The molecule has 0 fully saturated rings. The zero-order valence-corrected chi connectivity index (χ0v) is 12.7. The lowest BCUT2D eigenvalue weighted by Crippen LogP contribution is -2.25. The molecule has 0 saturated carbocycles. The molecule has 114 valence electrons. The molecule has 0 bridgehead atoms. The largest absolute Gasteiger partial charge is 0.310 e. The van der Waals surface area contributed by atoms with Crippen molar-refractivity contribution in [1.82, 2.24) is 15.1 Å². The summed E-state index contributed by atoms with van der Waals surface area (Å²) in [7, 11) is 1.84. The van der Waals surface area contributed by atoms with Crippen LogP contribution >= 0.6 is 0 Å². The third-order valence-corrected chi connectivity index (χ3v) is 3.54. The summed E-state index contributed by atoms with van der Waals surface area (Å²) < 4.78 is 29.5. The Morgan fingerprint density at radius 3 is 2.48 bits per heavy atom. The van der Waals surface area contributed by atoms with Gasteiger partial charge in [-0.15, -0.1) is 0 Å². The van der Waals surface area contributed by atoms with E-state index in [9.17, 15) is 8.78 Å². The summed E-state index contributed by atoms with van der Waals surface area (Å²) in [6, 6.07) is 3.83. The Kier molecular flexibility index (Phi) is 5.07. The van der Waals surface area contributed by atoms with Crippen LogP contribution in [0.2, 0.25) is 0 Å². The number of benzene rings is 1. The van der Waals surface area contributed by atoms with E-state index in [1.54, 1.807) is 4.68 Å². The second-order valence-electron chi connectivity index (χ2n) is 5.25. The first-order valence-electron chi connectivity index (χ1n) is 7.19. The van der Waals surface area contributed by atoms with Gasteiger partial charge in [0.25, 0.3) is 0 Å². The van der Waals surface area contributed by atoms with Crippen molar-refractivity contribution >= 4 is 0 Å². The van der Waals surface area contributed by atoms with Gasteiger partial charge in [0, 0.05) is 30.4 Å². The van der Waals surface area contributed by atoms with Gasteiger partial charge in [-0.3, -0.25) is 4.68 Å². The second-order valence-corrected chi connectivity index (χ2v) is 5.25. The minimum Gasteiger partial charge on any atom is -0.310 e. The zero-order chi connectivity index (χ0) is 15.4. The van der Waals surface area contributed by atoms with Crippen LogP contribution in [0.15, 0.2) is 24.4 Å². The van der Waals surface area contributed by atoms with Gasteiger partial charge in [0.2, 0.25) is 0 Å². The number of rotatable bonds is 6. The van der Waals surface area contributed by atoms with Crippen molar-refractivity contribution in [3.05, 3.63) is 52.9 Å². The molecule has 1 aromatic heterocycles. The molecule has 0 spiro atoms. The van der Waals surface area contributed by atoms with Gasteiger partial charge in [0.1, 0.15) is 11.6 Å². The maximum atomic E-state index is 13.9. The molecule has 0 aliphatic rings. The molecule has 5 heteroatoms. The van der Waals surface area contributed by atoms with Crippen LogP contribution in [0.3, 0.4) is 0 Å². The number of aromatic nitrogens is 2. The fourth-order valence-electron chi connectivity index (χ4n) is 2.50. The van der Waals surface area contributed by atoms with Gasteiger partial charge in [-0.2, -0.15) is 5.10 Å². The third-order valence-electron chi connectivity index (χ3n) is 3.54. The zero-order valence-electron chi connectivity index (χ0n) is 12.7. The van der Waals surface area contributed by atoms with Crippen LogP contribution in [0.4, 0.5) is 8.78 Å². The van der Waals surface area contributed by atoms with Crippen LogP contribution in [-0.4, -0.2) is 16.3 Å². The topological polar surface area (TPSA) is 29.9 Å². The maximum Gasteiger partial charge on any atom is 0.129 e. The molecule has 21 heavy (non-hydrogen) atoms. The predicted molar refractivity (Wildman–Crippen MR) is 79.0 cm³/mol. The van der Waals surface area contributed by atoms with Crippen LogP contribution in [0, 0.1) is 18.6 Å². The maximum absolute atomic E-state index is 13.9. The van der Waals surface area contributed by atoms with Crippen LogP contribution < -0.4 is 5.32 Å². The van der Waals surface area contributed by atoms with Crippen molar-refractivity contribution in [1.29, 1.82) is 0 Å². The van der Waals surface area contributed by atoms with Gasteiger partial charge in [-0.25, -0.2) is 8.78 Å². The monoisotopic (exact) mass is 293 g/mol. The minimum absolute atomic E-state index is 0.120. The quantitative estimate of drug-likeness (QED) is 0.885. The molecule has 0 aliphatic carbocycles. The summed E-state index contributed by atoms with van der Waals surface area (Å²) in [5.41, 5.74) is 1.98. The second kappa shape index (κ2) is 6.80. The summed E-state index contributed by atoms with van der Waals surface area (Å²) in [5, 5.41) is 7.67. The average molecular weight is 293 g/mol. The van der Waals surface area contributed by atoms with E-state index in [0.29, 0.717) is 0 Å². The van der Waals surface area contributed by atoms with Crippen LogP contribution in [0.1, 0.15) is 36.2 Å². The normalized spacial score (nSPS) is 12.6. The molecule has 2 rings (SSSR count). The van der Waals surface area contributed by atoms with E-state index >= 15 is 0 Å². The van der Waals surface area contributed by atoms with Crippen LogP contribution in [-0.2, 0) is 13.5 Å². The molecule has 0 saturated heterocycles. The highest BCUT2D eigenvalue weighted by Gasteiger charge is 2.20. The van der Waals surface area contributed by atoms with E-state index in [1.165, 1.54) is 18.2 Å². The fraction of sp³-hybridized carbons (Fsp3) is 0.438. The van der Waals surface area contributed by atoms with Gasteiger partial charge in [0.15, 0.2) is 0 Å². The molecular formula is C16H21F2N3. The number of hydrogen-bond acceptors (Lipinski definition) is 2. The summed E-state index contributed by atoms with van der Waals surface area (Å²) >= 11 is 0. The van der Waals surface area contributed by atoms with Crippen molar-refractivity contribution in [3.8, 4) is 0 Å². The smallest absolute Gasteiger partial charge is 0.129 e. The Hall–Kier alpha value is -1.75. The highest BCUT2D eigenvalue weighted by molar-refractivity contribution is 5.26. The Balaban J connectivity index is 2.30. The molecule has 1 unspecified atom stereocenters. The number of hydrogen-bond donors (Lipinski definition) is 1. The van der Waals surface area contributed by atoms with Gasteiger partial charge in [-0.05, 0) is 38.4 Å². The van der Waals surface area contributed by atoms with Gasteiger partial charge >= 0.3 is 0 Å². The first-order valence-corrected chi connectivity index (χ1v) is 7.19. The Labute approximate surface area is 124 Å². The van der Waals surface area contributed by atoms with E-state index in [0.717, 1.165) is 24.2 Å². The van der Waals surface area contributed by atoms with Crippen molar-refractivity contribution in [2.45, 2.75) is 32.7 Å². The molecule has 0 radical (unpaired) electrons. The third kappa shape index (κ3) is 3.67. The number of nitrogens with one attached hydrogen (secondary N) is 1. The van der Waals surface area contributed by atoms with Crippen LogP contribution in [0.5, 0.6) is 0 Å². The Bertz CT molecular complexity index is 587. The fourth-order valence-corrected chi connectivity index (χ4v) is 2.50. The first kappa shape index (κ1) is 15.6. The van der Waals surface area contributed by atoms with Gasteiger partial charge in [-0.1, -0.05) is 13.0 Å². The first-order chi connectivity index (χ1) is 10.0. The molecular weight excluding hydrogens is 272 g/mol. The standard InChI is InChI=1S/C16H21F2N3/c1-4-8-19-16(13-10-21(3)20-11(13)2)9-12-14(17)6-5-7-15(12)18/h5-7,10,16,19H,4,8-9H2,1-3H3. The molecule has 1 N–H and O–H groups in total. The van der Waals surface area contributed by atoms with E-state index in [2.05, 4.69) is 17.3 Å². The minimum atomic E-state index is -0.500. The molecule has 0 amide bonds. The van der Waals surface area contributed by atoms with Crippen LogP contribution in [0.25, 0.3) is 0 Å². The molecule has 1 aromatic carbocycles. The molecule has 1 atom stereocenters.